The molecule has 0 aliphatic carbocycles. The van der Waals surface area contributed by atoms with Crippen LogP contribution in [-0.4, -0.2) is 57.5 Å². The van der Waals surface area contributed by atoms with E-state index in [4.69, 9.17) is 9.47 Å². The van der Waals surface area contributed by atoms with Crippen molar-refractivity contribution in [2.75, 3.05) is 45.3 Å². The number of rotatable bonds is 8. The van der Waals surface area contributed by atoms with E-state index >= 15 is 0 Å². The van der Waals surface area contributed by atoms with E-state index in [-0.39, 0.29) is 12.6 Å². The van der Waals surface area contributed by atoms with Crippen LogP contribution in [0.5, 0.6) is 11.5 Å². The minimum absolute atomic E-state index is 0.265. The lowest BCUT2D eigenvalue weighted by Gasteiger charge is -2.22. The van der Waals surface area contributed by atoms with Crippen LogP contribution >= 0.6 is 0 Å². The molecule has 0 amide bonds. The number of aliphatic imine (C=N–C) groups is 1. The van der Waals surface area contributed by atoms with Crippen molar-refractivity contribution >= 4 is 11.6 Å². The van der Waals surface area contributed by atoms with Gasteiger partial charge in [-0.05, 0) is 43.2 Å². The molecule has 7 heteroatoms. The fourth-order valence-electron chi connectivity index (χ4n) is 3.63. The molecular weight excluding hydrogens is 380 g/mol. The SMILES string of the molecule is CCNC(=NCC(O)c1cccc(OC)c1)NC1CCN(c2ccccc2OC)C1. The Morgan fingerprint density at radius 2 is 2.03 bits per heavy atom. The molecule has 2 unspecified atom stereocenters. The lowest BCUT2D eigenvalue weighted by Crippen LogP contribution is -2.44. The Bertz CT molecular complexity index is 843. The quantitative estimate of drug-likeness (QED) is 0.457. The number of nitrogens with zero attached hydrogens (tertiary/aromatic N) is 2. The highest BCUT2D eigenvalue weighted by Crippen LogP contribution is 2.30. The first-order valence-electron chi connectivity index (χ1n) is 10.4. The van der Waals surface area contributed by atoms with Crippen LogP contribution in [0.1, 0.15) is 25.0 Å². The molecule has 7 nitrogen and oxygen atoms in total. The fourth-order valence-corrected chi connectivity index (χ4v) is 3.63. The number of nitrogens with one attached hydrogen (secondary N) is 2. The number of hydrogen-bond donors (Lipinski definition) is 3. The van der Waals surface area contributed by atoms with E-state index in [1.807, 2.05) is 49.4 Å². The highest BCUT2D eigenvalue weighted by molar-refractivity contribution is 5.80. The van der Waals surface area contributed by atoms with Gasteiger partial charge in [0, 0.05) is 25.7 Å². The Morgan fingerprint density at radius 1 is 1.20 bits per heavy atom. The highest BCUT2D eigenvalue weighted by Gasteiger charge is 2.25. The van der Waals surface area contributed by atoms with E-state index in [0.717, 1.165) is 48.8 Å². The molecule has 0 saturated carbocycles. The van der Waals surface area contributed by atoms with Gasteiger partial charge in [0.05, 0.1) is 32.6 Å². The second kappa shape index (κ2) is 10.7. The molecule has 3 N–H and O–H groups in total. The minimum Gasteiger partial charge on any atom is -0.497 e. The number of guanidine groups is 1. The molecule has 1 aliphatic rings. The Kier molecular flexibility index (Phi) is 7.79. The van der Waals surface area contributed by atoms with Gasteiger partial charge in [-0.2, -0.15) is 0 Å². The van der Waals surface area contributed by atoms with Gasteiger partial charge in [-0.3, -0.25) is 4.99 Å². The van der Waals surface area contributed by atoms with E-state index in [1.54, 1.807) is 14.2 Å². The van der Waals surface area contributed by atoms with Crippen LogP contribution in [-0.2, 0) is 0 Å². The summed E-state index contributed by atoms with van der Waals surface area (Å²) in [6.45, 7) is 4.87. The van der Waals surface area contributed by atoms with Crippen molar-refractivity contribution in [1.82, 2.24) is 10.6 Å². The van der Waals surface area contributed by atoms with Crippen LogP contribution < -0.4 is 25.0 Å². The fraction of sp³-hybridized carbons (Fsp3) is 0.435. The van der Waals surface area contributed by atoms with Gasteiger partial charge in [0.2, 0.25) is 0 Å². The lowest BCUT2D eigenvalue weighted by molar-refractivity contribution is 0.186. The third-order valence-corrected chi connectivity index (χ3v) is 5.20. The molecule has 162 valence electrons. The number of anilines is 1. The zero-order valence-electron chi connectivity index (χ0n) is 18.0. The molecule has 1 fully saturated rings. The predicted octanol–water partition coefficient (Wildman–Crippen LogP) is 2.57. The third kappa shape index (κ3) is 5.57. The number of benzene rings is 2. The molecule has 2 atom stereocenters. The molecule has 1 heterocycles. The number of para-hydroxylation sites is 2. The summed E-state index contributed by atoms with van der Waals surface area (Å²) in [6, 6.07) is 15.8. The van der Waals surface area contributed by atoms with E-state index in [2.05, 4.69) is 26.6 Å². The number of methoxy groups -OCH3 is 2. The van der Waals surface area contributed by atoms with Gasteiger partial charge >= 0.3 is 0 Å². The summed E-state index contributed by atoms with van der Waals surface area (Å²) in [7, 11) is 3.32. The summed E-state index contributed by atoms with van der Waals surface area (Å²) in [5.41, 5.74) is 1.90. The maximum absolute atomic E-state index is 10.5. The molecular formula is C23H32N4O3. The van der Waals surface area contributed by atoms with Crippen LogP contribution in [0.15, 0.2) is 53.5 Å². The monoisotopic (exact) mass is 412 g/mol. The second-order valence-corrected chi connectivity index (χ2v) is 7.26. The average molecular weight is 413 g/mol. The summed E-state index contributed by atoms with van der Waals surface area (Å²) >= 11 is 0. The van der Waals surface area contributed by atoms with Crippen LogP contribution in [0.2, 0.25) is 0 Å². The van der Waals surface area contributed by atoms with E-state index in [9.17, 15) is 5.11 Å². The summed E-state index contributed by atoms with van der Waals surface area (Å²) < 4.78 is 10.7. The standard InChI is InChI=1S/C23H32N4O3/c1-4-24-23(25-15-21(28)17-8-7-9-19(14-17)29-2)26-18-12-13-27(16-18)20-10-5-6-11-22(20)30-3/h5-11,14,18,21,28H,4,12-13,15-16H2,1-3H3,(H2,24,25,26). The van der Waals surface area contributed by atoms with E-state index < -0.39 is 6.10 Å². The first-order chi connectivity index (χ1) is 14.6. The molecule has 0 aromatic heterocycles. The Morgan fingerprint density at radius 3 is 2.80 bits per heavy atom. The number of ether oxygens (including phenoxy) is 2. The summed E-state index contributed by atoms with van der Waals surface area (Å²) in [6.07, 6.45) is 0.310. The molecule has 2 aromatic rings. The predicted molar refractivity (Wildman–Crippen MR) is 121 cm³/mol. The molecule has 0 bridgehead atoms. The van der Waals surface area contributed by atoms with Gasteiger partial charge in [-0.15, -0.1) is 0 Å². The van der Waals surface area contributed by atoms with Crippen molar-refractivity contribution < 1.29 is 14.6 Å². The van der Waals surface area contributed by atoms with Crippen LogP contribution in [0, 0.1) is 0 Å². The van der Waals surface area contributed by atoms with Gasteiger partial charge in [0.25, 0.3) is 0 Å². The Balaban J connectivity index is 1.61. The van der Waals surface area contributed by atoms with Crippen molar-refractivity contribution in [3.8, 4) is 11.5 Å². The van der Waals surface area contributed by atoms with Gasteiger partial charge in [-0.25, -0.2) is 0 Å². The third-order valence-electron chi connectivity index (χ3n) is 5.20. The maximum Gasteiger partial charge on any atom is 0.191 e. The van der Waals surface area contributed by atoms with Crippen LogP contribution in [0.4, 0.5) is 5.69 Å². The van der Waals surface area contributed by atoms with Crippen LogP contribution in [0.3, 0.4) is 0 Å². The van der Waals surface area contributed by atoms with E-state index in [0.29, 0.717) is 5.96 Å². The number of hydrogen-bond acceptors (Lipinski definition) is 5. The maximum atomic E-state index is 10.5. The second-order valence-electron chi connectivity index (χ2n) is 7.26. The largest absolute Gasteiger partial charge is 0.497 e. The van der Waals surface area contributed by atoms with Gasteiger partial charge < -0.3 is 30.1 Å². The topological polar surface area (TPSA) is 78.4 Å². The molecule has 3 rings (SSSR count). The van der Waals surface area contributed by atoms with Crippen molar-refractivity contribution in [2.45, 2.75) is 25.5 Å². The van der Waals surface area contributed by atoms with Crippen molar-refractivity contribution in [1.29, 1.82) is 0 Å². The van der Waals surface area contributed by atoms with Crippen LogP contribution in [0.25, 0.3) is 0 Å². The van der Waals surface area contributed by atoms with Crippen molar-refractivity contribution in [3.63, 3.8) is 0 Å². The normalized spacial score (nSPS) is 17.5. The molecule has 2 aromatic carbocycles. The molecule has 0 spiro atoms. The number of aliphatic hydroxyl groups excluding tert-OH is 1. The minimum atomic E-state index is -0.691. The summed E-state index contributed by atoms with van der Waals surface area (Å²) in [4.78, 5) is 6.93. The first kappa shape index (κ1) is 21.8. The van der Waals surface area contributed by atoms with Gasteiger partial charge in [-0.1, -0.05) is 24.3 Å². The van der Waals surface area contributed by atoms with E-state index in [1.165, 1.54) is 0 Å². The average Bonchev–Trinajstić information content (AvgIpc) is 3.25. The summed E-state index contributed by atoms with van der Waals surface area (Å²) in [5.74, 6) is 2.33. The van der Waals surface area contributed by atoms with Gasteiger partial charge in [0.15, 0.2) is 5.96 Å². The smallest absolute Gasteiger partial charge is 0.191 e. The number of aliphatic hydroxyl groups is 1. The molecule has 1 aliphatic heterocycles. The molecule has 0 radical (unpaired) electrons. The van der Waals surface area contributed by atoms with Gasteiger partial charge in [0.1, 0.15) is 11.5 Å². The Hall–Kier alpha value is -2.93. The first-order valence-corrected chi connectivity index (χ1v) is 10.4. The van der Waals surface area contributed by atoms with Crippen molar-refractivity contribution in [2.24, 2.45) is 4.99 Å². The zero-order valence-corrected chi connectivity index (χ0v) is 18.0. The molecule has 30 heavy (non-hydrogen) atoms. The van der Waals surface area contributed by atoms with Crippen molar-refractivity contribution in [3.05, 3.63) is 54.1 Å². The Labute approximate surface area is 178 Å². The highest BCUT2D eigenvalue weighted by atomic mass is 16.5. The molecule has 1 saturated heterocycles. The summed E-state index contributed by atoms with van der Waals surface area (Å²) in [5, 5.41) is 17.3. The lowest BCUT2D eigenvalue weighted by atomic mass is 10.1. The zero-order chi connectivity index (χ0) is 21.3.